The van der Waals surface area contributed by atoms with E-state index in [2.05, 4.69) is 6.07 Å². The summed E-state index contributed by atoms with van der Waals surface area (Å²) in [7, 11) is 0. The largest absolute Gasteiger partial charge is 0.493 e. The van der Waals surface area contributed by atoms with Gasteiger partial charge in [-0.05, 0) is 31.9 Å². The number of ether oxygens (including phenoxy) is 2. The van der Waals surface area contributed by atoms with E-state index in [0.717, 1.165) is 31.8 Å². The van der Waals surface area contributed by atoms with Crippen molar-refractivity contribution in [2.45, 2.75) is 32.7 Å². The van der Waals surface area contributed by atoms with Gasteiger partial charge in [0, 0.05) is 25.7 Å². The molecule has 0 saturated carbocycles. The molecule has 0 amide bonds. The maximum absolute atomic E-state index is 5.81. The van der Waals surface area contributed by atoms with Crippen molar-refractivity contribution in [2.24, 2.45) is 5.73 Å². The fraction of sp³-hybridized carbons (Fsp3) is 0.571. The highest BCUT2D eigenvalue weighted by Crippen LogP contribution is 2.19. The maximum Gasteiger partial charge on any atom is 0.122 e. The third-order valence-corrected chi connectivity index (χ3v) is 2.41. The number of hydrogen-bond acceptors (Lipinski definition) is 3. The lowest BCUT2D eigenvalue weighted by Crippen LogP contribution is -2.18. The molecule has 1 aromatic rings. The van der Waals surface area contributed by atoms with Gasteiger partial charge in [0.1, 0.15) is 5.75 Å². The van der Waals surface area contributed by atoms with Gasteiger partial charge in [0.2, 0.25) is 0 Å². The van der Waals surface area contributed by atoms with Crippen LogP contribution < -0.4 is 10.5 Å². The Bertz CT molecular complexity index is 313. The van der Waals surface area contributed by atoms with Crippen molar-refractivity contribution in [2.75, 3.05) is 19.8 Å². The van der Waals surface area contributed by atoms with E-state index < -0.39 is 0 Å². The van der Waals surface area contributed by atoms with Crippen LogP contribution in [0.1, 0.15) is 25.8 Å². The quantitative estimate of drug-likeness (QED) is 0.706. The molecule has 96 valence electrons. The van der Waals surface area contributed by atoms with Crippen LogP contribution in [0.4, 0.5) is 0 Å². The lowest BCUT2D eigenvalue weighted by atomic mass is 10.1. The first-order valence-electron chi connectivity index (χ1n) is 6.28. The predicted molar refractivity (Wildman–Crippen MR) is 70.4 cm³/mol. The fourth-order valence-corrected chi connectivity index (χ4v) is 1.65. The van der Waals surface area contributed by atoms with E-state index in [-0.39, 0.29) is 6.04 Å². The smallest absolute Gasteiger partial charge is 0.122 e. The highest BCUT2D eigenvalue weighted by molar-refractivity contribution is 5.33. The molecule has 0 aromatic heterocycles. The van der Waals surface area contributed by atoms with Crippen LogP contribution in [0.25, 0.3) is 0 Å². The lowest BCUT2D eigenvalue weighted by molar-refractivity contribution is 0.130. The number of nitrogens with two attached hydrogens (primary N) is 1. The first kappa shape index (κ1) is 14.0. The first-order valence-corrected chi connectivity index (χ1v) is 6.28. The molecule has 1 atom stereocenters. The standard InChI is InChI=1S/C14H23NO2/c1-3-16-9-6-10-17-14-8-5-4-7-13(14)11-12(2)15/h4-5,7-8,12H,3,6,9-11,15H2,1-2H3. The van der Waals surface area contributed by atoms with Gasteiger partial charge in [0.05, 0.1) is 6.61 Å². The van der Waals surface area contributed by atoms with Crippen LogP contribution in [0.3, 0.4) is 0 Å². The van der Waals surface area contributed by atoms with Gasteiger partial charge in [-0.1, -0.05) is 18.2 Å². The van der Waals surface area contributed by atoms with E-state index in [9.17, 15) is 0 Å². The Kier molecular flexibility index (Phi) is 6.67. The Morgan fingerprint density at radius 3 is 2.71 bits per heavy atom. The summed E-state index contributed by atoms with van der Waals surface area (Å²) in [5.41, 5.74) is 6.99. The van der Waals surface area contributed by atoms with Gasteiger partial charge in [0.25, 0.3) is 0 Å². The molecule has 0 aliphatic rings. The minimum absolute atomic E-state index is 0.156. The van der Waals surface area contributed by atoms with Crippen molar-refractivity contribution in [1.82, 2.24) is 0 Å². The van der Waals surface area contributed by atoms with E-state index in [1.807, 2.05) is 32.0 Å². The Hall–Kier alpha value is -1.06. The van der Waals surface area contributed by atoms with Crippen LogP contribution in [0.5, 0.6) is 5.75 Å². The summed E-state index contributed by atoms with van der Waals surface area (Å²) >= 11 is 0. The molecule has 1 unspecified atom stereocenters. The maximum atomic E-state index is 5.81. The summed E-state index contributed by atoms with van der Waals surface area (Å²) in [6.45, 7) is 6.22. The van der Waals surface area contributed by atoms with Crippen LogP contribution in [0, 0.1) is 0 Å². The average Bonchev–Trinajstić information content (AvgIpc) is 2.30. The summed E-state index contributed by atoms with van der Waals surface area (Å²) in [5.74, 6) is 0.946. The Balaban J connectivity index is 2.40. The van der Waals surface area contributed by atoms with Gasteiger partial charge in [0.15, 0.2) is 0 Å². The third-order valence-electron chi connectivity index (χ3n) is 2.41. The van der Waals surface area contributed by atoms with Crippen LogP contribution >= 0.6 is 0 Å². The number of hydrogen-bond donors (Lipinski definition) is 1. The first-order chi connectivity index (χ1) is 8.24. The average molecular weight is 237 g/mol. The van der Waals surface area contributed by atoms with Crippen molar-refractivity contribution in [3.05, 3.63) is 29.8 Å². The van der Waals surface area contributed by atoms with Gasteiger partial charge in [-0.2, -0.15) is 0 Å². The second-order valence-corrected chi connectivity index (χ2v) is 4.19. The zero-order valence-corrected chi connectivity index (χ0v) is 10.8. The SMILES string of the molecule is CCOCCCOc1ccccc1CC(C)N. The molecule has 3 heteroatoms. The fourth-order valence-electron chi connectivity index (χ4n) is 1.65. The molecule has 0 aliphatic heterocycles. The highest BCUT2D eigenvalue weighted by atomic mass is 16.5. The van der Waals surface area contributed by atoms with Gasteiger partial charge in [-0.15, -0.1) is 0 Å². The van der Waals surface area contributed by atoms with Gasteiger partial charge >= 0.3 is 0 Å². The van der Waals surface area contributed by atoms with E-state index in [1.54, 1.807) is 0 Å². The van der Waals surface area contributed by atoms with Crippen molar-refractivity contribution < 1.29 is 9.47 Å². The second kappa shape index (κ2) is 8.09. The molecule has 0 saturated heterocycles. The van der Waals surface area contributed by atoms with E-state index in [0.29, 0.717) is 6.61 Å². The number of para-hydroxylation sites is 1. The summed E-state index contributed by atoms with van der Waals surface area (Å²) < 4.78 is 11.0. The third kappa shape index (κ3) is 5.71. The van der Waals surface area contributed by atoms with Crippen molar-refractivity contribution in [3.8, 4) is 5.75 Å². The normalized spacial score (nSPS) is 12.4. The molecule has 0 bridgehead atoms. The molecule has 0 fully saturated rings. The van der Waals surface area contributed by atoms with Gasteiger partial charge < -0.3 is 15.2 Å². The van der Waals surface area contributed by atoms with Crippen LogP contribution in [0.2, 0.25) is 0 Å². The molecular weight excluding hydrogens is 214 g/mol. The monoisotopic (exact) mass is 237 g/mol. The molecule has 1 rings (SSSR count). The van der Waals surface area contributed by atoms with Crippen molar-refractivity contribution in [1.29, 1.82) is 0 Å². The zero-order valence-electron chi connectivity index (χ0n) is 10.8. The highest BCUT2D eigenvalue weighted by Gasteiger charge is 2.04. The number of benzene rings is 1. The molecular formula is C14H23NO2. The molecule has 0 radical (unpaired) electrons. The van der Waals surface area contributed by atoms with Crippen LogP contribution in [-0.2, 0) is 11.2 Å². The number of rotatable bonds is 8. The molecule has 0 aliphatic carbocycles. The van der Waals surface area contributed by atoms with Gasteiger partial charge in [-0.25, -0.2) is 0 Å². The summed E-state index contributed by atoms with van der Waals surface area (Å²) in [4.78, 5) is 0. The van der Waals surface area contributed by atoms with E-state index in [4.69, 9.17) is 15.2 Å². The van der Waals surface area contributed by atoms with Gasteiger partial charge in [-0.3, -0.25) is 0 Å². The minimum atomic E-state index is 0.156. The molecule has 2 N–H and O–H groups in total. The summed E-state index contributed by atoms with van der Waals surface area (Å²) in [6, 6.07) is 8.23. The molecule has 0 heterocycles. The predicted octanol–water partition coefficient (Wildman–Crippen LogP) is 2.38. The Labute approximate surface area is 104 Å². The molecule has 1 aromatic carbocycles. The molecule has 17 heavy (non-hydrogen) atoms. The summed E-state index contributed by atoms with van der Waals surface area (Å²) in [6.07, 6.45) is 1.77. The van der Waals surface area contributed by atoms with E-state index >= 15 is 0 Å². The Morgan fingerprint density at radius 1 is 1.24 bits per heavy atom. The molecule has 3 nitrogen and oxygen atoms in total. The van der Waals surface area contributed by atoms with Crippen LogP contribution in [-0.4, -0.2) is 25.9 Å². The van der Waals surface area contributed by atoms with Crippen molar-refractivity contribution >= 4 is 0 Å². The Morgan fingerprint density at radius 2 is 2.00 bits per heavy atom. The zero-order chi connectivity index (χ0) is 12.5. The van der Waals surface area contributed by atoms with E-state index in [1.165, 1.54) is 5.56 Å². The second-order valence-electron chi connectivity index (χ2n) is 4.19. The minimum Gasteiger partial charge on any atom is -0.493 e. The lowest BCUT2D eigenvalue weighted by Gasteiger charge is -2.12. The topological polar surface area (TPSA) is 44.5 Å². The van der Waals surface area contributed by atoms with Crippen molar-refractivity contribution in [3.63, 3.8) is 0 Å². The summed E-state index contributed by atoms with van der Waals surface area (Å²) in [5, 5.41) is 0. The van der Waals surface area contributed by atoms with Crippen LogP contribution in [0.15, 0.2) is 24.3 Å². The molecule has 0 spiro atoms.